The van der Waals surface area contributed by atoms with Crippen LogP contribution in [-0.2, 0) is 0 Å². The van der Waals surface area contributed by atoms with Crippen molar-refractivity contribution in [3.05, 3.63) is 33.8 Å². The van der Waals surface area contributed by atoms with E-state index in [0.717, 1.165) is 4.47 Å². The smallest absolute Gasteiger partial charge is 0.0326 e. The lowest BCUT2D eigenvalue weighted by Gasteiger charge is -2.21. The Hall–Kier alpha value is -0.340. The van der Waals surface area contributed by atoms with Gasteiger partial charge in [0.05, 0.1) is 0 Å². The molecule has 0 radical (unpaired) electrons. The highest BCUT2D eigenvalue weighted by Crippen LogP contribution is 2.35. The van der Waals surface area contributed by atoms with Crippen molar-refractivity contribution in [1.29, 1.82) is 0 Å². The van der Waals surface area contributed by atoms with Crippen LogP contribution in [0.2, 0.25) is 0 Å². The molecule has 0 spiro atoms. The second-order valence-corrected chi connectivity index (χ2v) is 5.49. The van der Waals surface area contributed by atoms with Crippen LogP contribution in [0.15, 0.2) is 22.7 Å². The summed E-state index contributed by atoms with van der Waals surface area (Å²) < 4.78 is 1.14. The van der Waals surface area contributed by atoms with Crippen LogP contribution < -0.4 is 5.73 Å². The maximum Gasteiger partial charge on any atom is 0.0326 e. The van der Waals surface area contributed by atoms with Gasteiger partial charge in [0.2, 0.25) is 0 Å². The Labute approximate surface area is 100 Å². The van der Waals surface area contributed by atoms with Crippen LogP contribution in [0, 0.1) is 12.8 Å². The predicted octanol–water partition coefficient (Wildman–Crippen LogP) is 3.95. The van der Waals surface area contributed by atoms with E-state index in [2.05, 4.69) is 41.1 Å². The molecule has 0 aliphatic heterocycles. The normalized spacial score (nSPS) is 19.4. The molecule has 2 N–H and O–H groups in total. The van der Waals surface area contributed by atoms with Crippen molar-refractivity contribution >= 4 is 15.9 Å². The highest BCUT2D eigenvalue weighted by Gasteiger charge is 2.24. The molecule has 0 bridgehead atoms. The van der Waals surface area contributed by atoms with Crippen molar-refractivity contribution in [2.24, 2.45) is 11.7 Å². The number of benzene rings is 1. The fraction of sp³-hybridized carbons (Fsp3) is 0.538. The molecule has 1 fully saturated rings. The highest BCUT2D eigenvalue weighted by atomic mass is 79.9. The summed E-state index contributed by atoms with van der Waals surface area (Å²) in [5.41, 5.74) is 8.98. The lowest BCUT2D eigenvalue weighted by Crippen LogP contribution is -2.20. The summed E-state index contributed by atoms with van der Waals surface area (Å²) in [6, 6.07) is 6.64. The monoisotopic (exact) mass is 267 g/mol. The van der Waals surface area contributed by atoms with Crippen molar-refractivity contribution in [1.82, 2.24) is 0 Å². The van der Waals surface area contributed by atoms with Crippen LogP contribution >= 0.6 is 15.9 Å². The first kappa shape index (κ1) is 11.2. The van der Waals surface area contributed by atoms with E-state index in [1.54, 1.807) is 0 Å². The van der Waals surface area contributed by atoms with E-state index < -0.39 is 0 Å². The molecule has 0 aromatic heterocycles. The van der Waals surface area contributed by atoms with E-state index in [-0.39, 0.29) is 6.04 Å². The van der Waals surface area contributed by atoms with Gasteiger partial charge < -0.3 is 5.73 Å². The van der Waals surface area contributed by atoms with Gasteiger partial charge >= 0.3 is 0 Å². The molecule has 0 heterocycles. The summed E-state index contributed by atoms with van der Waals surface area (Å²) in [6.45, 7) is 2.15. The number of nitrogens with two attached hydrogens (primary N) is 1. The van der Waals surface area contributed by atoms with Crippen molar-refractivity contribution in [3.63, 3.8) is 0 Å². The molecular formula is C13H18BrN. The van der Waals surface area contributed by atoms with E-state index in [0.29, 0.717) is 5.92 Å². The minimum Gasteiger partial charge on any atom is -0.324 e. The topological polar surface area (TPSA) is 26.0 Å². The van der Waals surface area contributed by atoms with Gasteiger partial charge in [-0.15, -0.1) is 0 Å². The van der Waals surface area contributed by atoms with Crippen molar-refractivity contribution < 1.29 is 0 Å². The lowest BCUT2D eigenvalue weighted by atomic mass is 9.90. The number of aryl methyl sites for hydroxylation is 1. The summed E-state index contributed by atoms with van der Waals surface area (Å²) in [7, 11) is 0. The van der Waals surface area contributed by atoms with Crippen molar-refractivity contribution in [3.8, 4) is 0 Å². The average molecular weight is 268 g/mol. The Morgan fingerprint density at radius 3 is 2.67 bits per heavy atom. The van der Waals surface area contributed by atoms with Gasteiger partial charge in [-0.3, -0.25) is 0 Å². The van der Waals surface area contributed by atoms with Crippen LogP contribution in [0.1, 0.15) is 42.9 Å². The maximum absolute atomic E-state index is 6.35. The van der Waals surface area contributed by atoms with E-state index in [1.807, 2.05) is 0 Å². The molecule has 2 rings (SSSR count). The van der Waals surface area contributed by atoms with E-state index in [1.165, 1.54) is 36.8 Å². The standard InChI is InChI=1S/C13H18BrN/c1-9-6-7-11(14)8-12(9)13(15)10-4-2-3-5-10/h6-8,10,13H,2-5,15H2,1H3/t13-/m0/s1. The zero-order chi connectivity index (χ0) is 10.8. The van der Waals surface area contributed by atoms with Crippen molar-refractivity contribution in [2.75, 3.05) is 0 Å². The van der Waals surface area contributed by atoms with Gasteiger partial charge in [0.1, 0.15) is 0 Å². The fourth-order valence-corrected chi connectivity index (χ4v) is 2.92. The van der Waals surface area contributed by atoms with Gasteiger partial charge in [0.25, 0.3) is 0 Å². The molecule has 82 valence electrons. The third-order valence-corrected chi connectivity index (χ3v) is 4.00. The molecular weight excluding hydrogens is 250 g/mol. The quantitative estimate of drug-likeness (QED) is 0.863. The Morgan fingerprint density at radius 1 is 1.33 bits per heavy atom. The maximum atomic E-state index is 6.35. The summed E-state index contributed by atoms with van der Waals surface area (Å²) in [6.07, 6.45) is 5.30. The molecule has 0 unspecified atom stereocenters. The van der Waals surface area contributed by atoms with Crippen LogP contribution in [0.5, 0.6) is 0 Å². The van der Waals surface area contributed by atoms with E-state index in [4.69, 9.17) is 5.73 Å². The molecule has 2 heteroatoms. The first-order valence-corrected chi connectivity index (χ1v) is 6.49. The van der Waals surface area contributed by atoms with Crippen LogP contribution in [0.4, 0.5) is 0 Å². The molecule has 1 aromatic rings. The number of hydrogen-bond acceptors (Lipinski definition) is 1. The minimum absolute atomic E-state index is 0.227. The zero-order valence-corrected chi connectivity index (χ0v) is 10.8. The first-order valence-electron chi connectivity index (χ1n) is 5.70. The second kappa shape index (κ2) is 4.67. The predicted molar refractivity (Wildman–Crippen MR) is 67.8 cm³/mol. The molecule has 1 nitrogen and oxygen atoms in total. The van der Waals surface area contributed by atoms with Crippen LogP contribution in [-0.4, -0.2) is 0 Å². The highest BCUT2D eigenvalue weighted by molar-refractivity contribution is 9.10. The largest absolute Gasteiger partial charge is 0.324 e. The van der Waals surface area contributed by atoms with Gasteiger partial charge in [0.15, 0.2) is 0 Å². The summed E-state index contributed by atoms with van der Waals surface area (Å²) in [4.78, 5) is 0. The van der Waals surface area contributed by atoms with E-state index >= 15 is 0 Å². The minimum atomic E-state index is 0.227. The van der Waals surface area contributed by atoms with Gasteiger partial charge in [-0.05, 0) is 48.9 Å². The summed E-state index contributed by atoms with van der Waals surface area (Å²) in [5.74, 6) is 0.693. The molecule has 1 aliphatic rings. The van der Waals surface area contributed by atoms with Gasteiger partial charge in [0, 0.05) is 10.5 Å². The fourth-order valence-electron chi connectivity index (χ4n) is 2.54. The molecule has 0 saturated heterocycles. The third kappa shape index (κ3) is 2.43. The Kier molecular flexibility index (Phi) is 3.47. The van der Waals surface area contributed by atoms with Gasteiger partial charge in [-0.1, -0.05) is 34.8 Å². The number of halogens is 1. The lowest BCUT2D eigenvalue weighted by molar-refractivity contribution is 0.443. The Morgan fingerprint density at radius 2 is 2.00 bits per heavy atom. The zero-order valence-electron chi connectivity index (χ0n) is 9.17. The summed E-state index contributed by atoms with van der Waals surface area (Å²) >= 11 is 3.52. The summed E-state index contributed by atoms with van der Waals surface area (Å²) in [5, 5.41) is 0. The van der Waals surface area contributed by atoms with Crippen LogP contribution in [0.3, 0.4) is 0 Å². The third-order valence-electron chi connectivity index (χ3n) is 3.51. The SMILES string of the molecule is Cc1ccc(Br)cc1[C@@H](N)C1CCCC1. The molecule has 1 aliphatic carbocycles. The van der Waals surface area contributed by atoms with Crippen molar-refractivity contribution in [2.45, 2.75) is 38.6 Å². The first-order chi connectivity index (χ1) is 7.18. The van der Waals surface area contributed by atoms with Gasteiger partial charge in [-0.2, -0.15) is 0 Å². The number of hydrogen-bond donors (Lipinski definition) is 1. The molecule has 1 aromatic carbocycles. The average Bonchev–Trinajstić information content (AvgIpc) is 2.74. The molecule has 1 atom stereocenters. The molecule has 15 heavy (non-hydrogen) atoms. The van der Waals surface area contributed by atoms with E-state index in [9.17, 15) is 0 Å². The number of rotatable bonds is 2. The van der Waals surface area contributed by atoms with Gasteiger partial charge in [-0.25, -0.2) is 0 Å². The Bertz CT molecular complexity index is 342. The molecule has 0 amide bonds. The molecule has 1 saturated carbocycles. The van der Waals surface area contributed by atoms with Crippen LogP contribution in [0.25, 0.3) is 0 Å². The second-order valence-electron chi connectivity index (χ2n) is 4.57. The Balaban J connectivity index is 2.23.